The zero-order chi connectivity index (χ0) is 14.7. The maximum atomic E-state index is 13.0. The fourth-order valence-electron chi connectivity index (χ4n) is 3.02. The van der Waals surface area contributed by atoms with Gasteiger partial charge < -0.3 is 10.2 Å². The highest BCUT2D eigenvalue weighted by molar-refractivity contribution is 6.05. The van der Waals surface area contributed by atoms with Gasteiger partial charge in [-0.1, -0.05) is 31.2 Å². The molecule has 1 N–H and O–H groups in total. The van der Waals surface area contributed by atoms with Crippen molar-refractivity contribution in [3.8, 4) is 0 Å². The van der Waals surface area contributed by atoms with E-state index in [1.165, 1.54) is 0 Å². The van der Waals surface area contributed by atoms with E-state index in [-0.39, 0.29) is 30.7 Å². The average molecular weight is 356 g/mol. The van der Waals surface area contributed by atoms with E-state index in [2.05, 4.69) is 17.2 Å². The van der Waals surface area contributed by atoms with Crippen molar-refractivity contribution in [3.63, 3.8) is 0 Å². The summed E-state index contributed by atoms with van der Waals surface area (Å²) in [5.41, 5.74) is 0.577. The highest BCUT2D eigenvalue weighted by Gasteiger charge is 2.28. The number of carbonyl (C=O) groups excluding carboxylic acids is 1. The van der Waals surface area contributed by atoms with E-state index in [1.807, 2.05) is 35.2 Å². The number of rotatable bonds is 4. The summed E-state index contributed by atoms with van der Waals surface area (Å²) in [6, 6.07) is 10.2. The first kappa shape index (κ1) is 19.7. The van der Waals surface area contributed by atoms with E-state index in [0.717, 1.165) is 43.2 Å². The third kappa shape index (κ3) is 4.14. The lowest BCUT2D eigenvalue weighted by molar-refractivity contribution is 0.0688. The van der Waals surface area contributed by atoms with E-state index in [9.17, 15) is 4.79 Å². The molecule has 3 rings (SSSR count). The minimum absolute atomic E-state index is 0. The molecule has 2 heterocycles. The zero-order valence-corrected chi connectivity index (χ0v) is 14.8. The molecule has 4 nitrogen and oxygen atoms in total. The number of pyridine rings is 1. The van der Waals surface area contributed by atoms with Crippen molar-refractivity contribution >= 4 is 41.5 Å². The van der Waals surface area contributed by atoms with Crippen molar-refractivity contribution in [3.05, 3.63) is 42.2 Å². The molecule has 1 aromatic heterocycles. The average Bonchev–Trinajstić information content (AvgIpc) is 3.05. The minimum atomic E-state index is 0. The van der Waals surface area contributed by atoms with E-state index in [0.29, 0.717) is 11.7 Å². The lowest BCUT2D eigenvalue weighted by atomic mass is 10.1. The second-order valence-corrected chi connectivity index (χ2v) is 5.53. The van der Waals surface area contributed by atoms with Crippen LogP contribution in [0.2, 0.25) is 0 Å². The maximum absolute atomic E-state index is 13.0. The molecule has 1 saturated heterocycles. The Morgan fingerprint density at radius 1 is 1.30 bits per heavy atom. The van der Waals surface area contributed by atoms with Crippen molar-refractivity contribution in [2.75, 3.05) is 19.6 Å². The van der Waals surface area contributed by atoms with Crippen LogP contribution in [0.25, 0.3) is 10.8 Å². The molecular formula is C17H23Cl2N3O. The van der Waals surface area contributed by atoms with Gasteiger partial charge in [-0.15, -0.1) is 24.8 Å². The summed E-state index contributed by atoms with van der Waals surface area (Å²) in [6.07, 6.45) is 3.72. The number of hydrogen-bond acceptors (Lipinski definition) is 3. The topological polar surface area (TPSA) is 45.2 Å². The molecule has 0 aliphatic carbocycles. The third-order valence-corrected chi connectivity index (χ3v) is 4.08. The molecule has 2 aromatic rings. The van der Waals surface area contributed by atoms with Crippen LogP contribution in [0.15, 0.2) is 36.5 Å². The monoisotopic (exact) mass is 355 g/mol. The second-order valence-electron chi connectivity index (χ2n) is 5.53. The maximum Gasteiger partial charge on any atom is 0.273 e. The summed E-state index contributed by atoms with van der Waals surface area (Å²) in [7, 11) is 0. The summed E-state index contributed by atoms with van der Waals surface area (Å²) in [4.78, 5) is 19.3. The van der Waals surface area contributed by atoms with Crippen molar-refractivity contribution in [2.45, 2.75) is 25.8 Å². The SMILES string of the molecule is CCCN(C(=O)c1nccc2ccccc12)C1CCNC1.Cl.Cl. The van der Waals surface area contributed by atoms with Gasteiger partial charge in [-0.25, -0.2) is 0 Å². The Morgan fingerprint density at radius 3 is 2.78 bits per heavy atom. The zero-order valence-electron chi connectivity index (χ0n) is 13.2. The van der Waals surface area contributed by atoms with Crippen LogP contribution in [0.5, 0.6) is 0 Å². The number of hydrogen-bond donors (Lipinski definition) is 1. The third-order valence-electron chi connectivity index (χ3n) is 4.08. The van der Waals surface area contributed by atoms with Crippen LogP contribution in [0.1, 0.15) is 30.3 Å². The molecule has 23 heavy (non-hydrogen) atoms. The predicted octanol–water partition coefficient (Wildman–Crippen LogP) is 3.29. The van der Waals surface area contributed by atoms with Gasteiger partial charge in [-0.3, -0.25) is 9.78 Å². The van der Waals surface area contributed by atoms with Gasteiger partial charge in [0.2, 0.25) is 0 Å². The first-order valence-corrected chi connectivity index (χ1v) is 7.66. The van der Waals surface area contributed by atoms with Crippen molar-refractivity contribution in [1.29, 1.82) is 0 Å². The van der Waals surface area contributed by atoms with Crippen LogP contribution in [0.4, 0.5) is 0 Å². The fraction of sp³-hybridized carbons (Fsp3) is 0.412. The first-order valence-electron chi connectivity index (χ1n) is 7.66. The number of aromatic nitrogens is 1. The Balaban J connectivity index is 0.00000132. The van der Waals surface area contributed by atoms with Gasteiger partial charge >= 0.3 is 0 Å². The number of carbonyl (C=O) groups is 1. The number of amides is 1. The molecule has 0 saturated carbocycles. The van der Waals surface area contributed by atoms with Crippen LogP contribution in [-0.2, 0) is 0 Å². The number of fused-ring (bicyclic) bond motifs is 1. The smallest absolute Gasteiger partial charge is 0.273 e. The molecule has 1 aliphatic rings. The molecule has 1 amide bonds. The van der Waals surface area contributed by atoms with E-state index in [1.54, 1.807) is 6.20 Å². The molecule has 1 aliphatic heterocycles. The van der Waals surface area contributed by atoms with Crippen molar-refractivity contribution < 1.29 is 4.79 Å². The Bertz CT molecular complexity index is 639. The molecule has 6 heteroatoms. The van der Waals surface area contributed by atoms with Gasteiger partial charge in [0.25, 0.3) is 5.91 Å². The lowest BCUT2D eigenvalue weighted by Crippen LogP contribution is -2.42. The van der Waals surface area contributed by atoms with E-state index in [4.69, 9.17) is 0 Å². The number of nitrogens with zero attached hydrogens (tertiary/aromatic N) is 2. The van der Waals surface area contributed by atoms with Gasteiger partial charge in [0.1, 0.15) is 5.69 Å². The van der Waals surface area contributed by atoms with Crippen LogP contribution < -0.4 is 5.32 Å². The van der Waals surface area contributed by atoms with Crippen molar-refractivity contribution in [1.82, 2.24) is 15.2 Å². The Labute approximate surface area is 149 Å². The van der Waals surface area contributed by atoms with Crippen molar-refractivity contribution in [2.24, 2.45) is 0 Å². The van der Waals surface area contributed by atoms with Crippen LogP contribution in [0, 0.1) is 0 Å². The fourth-order valence-corrected chi connectivity index (χ4v) is 3.02. The molecule has 0 bridgehead atoms. The molecule has 1 atom stereocenters. The summed E-state index contributed by atoms with van der Waals surface area (Å²) < 4.78 is 0. The molecule has 0 spiro atoms. The van der Waals surface area contributed by atoms with E-state index < -0.39 is 0 Å². The first-order chi connectivity index (χ1) is 10.3. The molecule has 1 aromatic carbocycles. The predicted molar refractivity (Wildman–Crippen MR) is 98.8 cm³/mol. The number of nitrogens with one attached hydrogen (secondary N) is 1. The second kappa shape index (κ2) is 9.06. The molecule has 1 unspecified atom stereocenters. The summed E-state index contributed by atoms with van der Waals surface area (Å²) in [5, 5.41) is 5.35. The Hall–Kier alpha value is -1.36. The summed E-state index contributed by atoms with van der Waals surface area (Å²) in [6.45, 7) is 4.77. The van der Waals surface area contributed by atoms with Gasteiger partial charge in [0.15, 0.2) is 0 Å². The number of benzene rings is 1. The van der Waals surface area contributed by atoms with Crippen LogP contribution in [-0.4, -0.2) is 41.5 Å². The quantitative estimate of drug-likeness (QED) is 0.914. The van der Waals surface area contributed by atoms with Gasteiger partial charge in [0, 0.05) is 30.7 Å². The normalized spacial score (nSPS) is 16.5. The van der Waals surface area contributed by atoms with Crippen LogP contribution in [0.3, 0.4) is 0 Å². The standard InChI is InChI=1S/C17H21N3O.2ClH/c1-2-11-20(14-8-9-18-12-14)17(21)16-15-6-4-3-5-13(15)7-10-19-16;;/h3-7,10,14,18H,2,8-9,11-12H2,1H3;2*1H. The van der Waals surface area contributed by atoms with E-state index >= 15 is 0 Å². The summed E-state index contributed by atoms with van der Waals surface area (Å²) >= 11 is 0. The van der Waals surface area contributed by atoms with Crippen LogP contribution >= 0.6 is 24.8 Å². The summed E-state index contributed by atoms with van der Waals surface area (Å²) in [5.74, 6) is 0.0577. The molecule has 1 fully saturated rings. The highest BCUT2D eigenvalue weighted by Crippen LogP contribution is 2.20. The lowest BCUT2D eigenvalue weighted by Gasteiger charge is -2.28. The van der Waals surface area contributed by atoms with Gasteiger partial charge in [-0.05, 0) is 30.8 Å². The largest absolute Gasteiger partial charge is 0.333 e. The molecule has 126 valence electrons. The molecule has 0 radical (unpaired) electrons. The molecular weight excluding hydrogens is 333 g/mol. The minimum Gasteiger partial charge on any atom is -0.333 e. The number of halogens is 2. The Morgan fingerprint density at radius 2 is 2.09 bits per heavy atom. The highest BCUT2D eigenvalue weighted by atomic mass is 35.5. The van der Waals surface area contributed by atoms with Gasteiger partial charge in [0.05, 0.1) is 0 Å². The Kier molecular flexibility index (Phi) is 7.76. The van der Waals surface area contributed by atoms with Gasteiger partial charge in [-0.2, -0.15) is 0 Å².